The molecule has 0 atom stereocenters. The predicted octanol–water partition coefficient (Wildman–Crippen LogP) is 1.06. The third-order valence-electron chi connectivity index (χ3n) is 0.235. The fraction of sp³-hybridized carbons (Fsp3) is 0.667. The summed E-state index contributed by atoms with van der Waals surface area (Å²) in [4.78, 5) is 9.18. The molecule has 0 aliphatic heterocycles. The van der Waals surface area contributed by atoms with Gasteiger partial charge in [0.2, 0.25) is 0 Å². The first-order chi connectivity index (χ1) is 4.15. The zero-order valence-corrected chi connectivity index (χ0v) is 4.81. The van der Waals surface area contributed by atoms with Gasteiger partial charge in [-0.3, -0.25) is 17.7 Å². The van der Waals surface area contributed by atoms with Gasteiger partial charge >= 0.3 is 7.54 Å². The van der Waals surface area contributed by atoms with Gasteiger partial charge in [-0.25, -0.2) is 0 Å². The lowest BCUT2D eigenvalue weighted by molar-refractivity contribution is -0.128. The Hall–Kier alpha value is -0.675. The van der Waals surface area contributed by atoms with Gasteiger partial charge in [0.25, 0.3) is 6.47 Å². The van der Waals surface area contributed by atoms with E-state index in [-0.39, 0.29) is 0 Å². The minimum absolute atomic E-state index is 0.431. The fourth-order valence-corrected chi connectivity index (χ4v) is 0.0680. The molecule has 0 heterocycles. The summed E-state index contributed by atoms with van der Waals surface area (Å²) in [5.74, 6) is 0. The molecule has 0 aromatic carbocycles. The molecule has 0 saturated heterocycles. The van der Waals surface area contributed by atoms with Crippen molar-refractivity contribution in [2.45, 2.75) is 6.92 Å². The van der Waals surface area contributed by atoms with E-state index in [1.54, 1.807) is 6.92 Å². The van der Waals surface area contributed by atoms with Crippen LogP contribution < -0.4 is 0 Å². The lowest BCUT2D eigenvalue weighted by Gasteiger charge is -1.79. The Kier molecular flexibility index (Phi) is 12.8. The molecule has 0 spiro atoms. The molecular formula is C3H6BF3O2. The summed E-state index contributed by atoms with van der Waals surface area (Å²) in [6.07, 6.45) is 0. The molecule has 6 heteroatoms. The maximum Gasteiger partial charge on any atom is 0.762 e. The van der Waals surface area contributed by atoms with Crippen LogP contribution in [0.4, 0.5) is 12.9 Å². The monoisotopic (exact) mass is 142 g/mol. The van der Waals surface area contributed by atoms with Gasteiger partial charge < -0.3 is 4.74 Å². The van der Waals surface area contributed by atoms with Gasteiger partial charge in [-0.05, 0) is 6.92 Å². The number of hydrogen-bond acceptors (Lipinski definition) is 2. The van der Waals surface area contributed by atoms with Crippen molar-refractivity contribution < 1.29 is 22.5 Å². The van der Waals surface area contributed by atoms with E-state index in [1.165, 1.54) is 0 Å². The third kappa shape index (κ3) is 118. The number of carbonyl (C=O) groups excluding carboxylic acids is 1. The molecule has 0 saturated carbocycles. The van der Waals surface area contributed by atoms with E-state index in [2.05, 4.69) is 4.74 Å². The second-order valence-electron chi connectivity index (χ2n) is 0.799. The Morgan fingerprint density at radius 1 is 1.56 bits per heavy atom. The van der Waals surface area contributed by atoms with Crippen LogP contribution in [0.25, 0.3) is 0 Å². The molecule has 0 fully saturated rings. The van der Waals surface area contributed by atoms with Crippen LogP contribution in [0.2, 0.25) is 0 Å². The van der Waals surface area contributed by atoms with Gasteiger partial charge in [0, 0.05) is 0 Å². The number of rotatable bonds is 2. The Balaban J connectivity index is 0. The molecule has 0 radical (unpaired) electrons. The van der Waals surface area contributed by atoms with Gasteiger partial charge in [-0.15, -0.1) is 0 Å². The summed E-state index contributed by atoms with van der Waals surface area (Å²) < 4.78 is 33.2. The molecule has 0 amide bonds. The molecule has 0 unspecified atom stereocenters. The molecule has 54 valence electrons. The number of ether oxygens (including phenoxy) is 1. The molecule has 0 aromatic heterocycles. The second-order valence-corrected chi connectivity index (χ2v) is 0.799. The number of halogens is 3. The lowest BCUT2D eigenvalue weighted by Crippen LogP contribution is -1.80. The van der Waals surface area contributed by atoms with Crippen molar-refractivity contribution in [2.24, 2.45) is 0 Å². The van der Waals surface area contributed by atoms with Gasteiger partial charge in [-0.2, -0.15) is 0 Å². The normalized spacial score (nSPS) is 6.67. The SMILES string of the molecule is CCOC=O.FB(F)F. The Labute approximate surface area is 51.2 Å². The molecule has 0 N–H and O–H groups in total. The summed E-state index contributed by atoms with van der Waals surface area (Å²) in [6, 6.07) is 0. The zero-order valence-electron chi connectivity index (χ0n) is 4.81. The number of hydrogen-bond donors (Lipinski definition) is 0. The largest absolute Gasteiger partial charge is 0.762 e. The molecule has 0 aliphatic carbocycles. The zero-order chi connectivity index (χ0) is 7.70. The highest BCUT2D eigenvalue weighted by atomic mass is 19.4. The first-order valence-electron chi connectivity index (χ1n) is 2.12. The van der Waals surface area contributed by atoms with Gasteiger partial charge in [0.05, 0.1) is 6.61 Å². The van der Waals surface area contributed by atoms with E-state index < -0.39 is 7.54 Å². The molecule has 2 nitrogen and oxygen atoms in total. The maximum absolute atomic E-state index is 9.67. The van der Waals surface area contributed by atoms with Crippen LogP contribution in [0.1, 0.15) is 6.92 Å². The minimum Gasteiger partial charge on any atom is -0.468 e. The second kappa shape index (κ2) is 10.3. The standard InChI is InChI=1S/C3H6O2.BF3/c1-2-5-3-4;2-1(3)4/h3H,2H2,1H3;. The lowest BCUT2D eigenvalue weighted by atomic mass is 10.5. The van der Waals surface area contributed by atoms with Crippen LogP contribution in [0.3, 0.4) is 0 Å². The van der Waals surface area contributed by atoms with Crippen LogP contribution >= 0.6 is 0 Å². The molecule has 0 aromatic rings. The van der Waals surface area contributed by atoms with E-state index in [9.17, 15) is 17.7 Å². The molecule has 0 bridgehead atoms. The van der Waals surface area contributed by atoms with Crippen molar-refractivity contribution in [1.29, 1.82) is 0 Å². The van der Waals surface area contributed by atoms with E-state index in [4.69, 9.17) is 0 Å². The van der Waals surface area contributed by atoms with Gasteiger partial charge in [0.15, 0.2) is 0 Å². The summed E-state index contributed by atoms with van der Waals surface area (Å²) in [7, 11) is -3.67. The Bertz CT molecular complexity index is 58.3. The summed E-state index contributed by atoms with van der Waals surface area (Å²) >= 11 is 0. The minimum atomic E-state index is -3.67. The third-order valence-corrected chi connectivity index (χ3v) is 0.235. The van der Waals surface area contributed by atoms with Crippen molar-refractivity contribution in [2.75, 3.05) is 6.61 Å². The van der Waals surface area contributed by atoms with Crippen LogP contribution in [-0.2, 0) is 9.53 Å². The Morgan fingerprint density at radius 3 is 1.89 bits per heavy atom. The van der Waals surface area contributed by atoms with Gasteiger partial charge in [0.1, 0.15) is 0 Å². The summed E-state index contributed by atoms with van der Waals surface area (Å²) in [5, 5.41) is 0. The van der Waals surface area contributed by atoms with E-state index in [1.807, 2.05) is 0 Å². The highest BCUT2D eigenvalue weighted by Crippen LogP contribution is 1.80. The topological polar surface area (TPSA) is 26.3 Å². The fourth-order valence-electron chi connectivity index (χ4n) is 0.0680. The first kappa shape index (κ1) is 11.2. The average Bonchev–Trinajstić information content (AvgIpc) is 1.66. The highest BCUT2D eigenvalue weighted by Gasteiger charge is 2.06. The first-order valence-corrected chi connectivity index (χ1v) is 2.12. The highest BCUT2D eigenvalue weighted by molar-refractivity contribution is 6.33. The molecule has 0 aliphatic rings. The quantitative estimate of drug-likeness (QED) is 0.425. The summed E-state index contributed by atoms with van der Waals surface area (Å²) in [5.41, 5.74) is 0. The van der Waals surface area contributed by atoms with Gasteiger partial charge in [-0.1, -0.05) is 0 Å². The average molecular weight is 142 g/mol. The maximum atomic E-state index is 9.67. The molecule has 0 rings (SSSR count). The van der Waals surface area contributed by atoms with Crippen LogP contribution in [0.5, 0.6) is 0 Å². The van der Waals surface area contributed by atoms with Crippen LogP contribution in [0.15, 0.2) is 0 Å². The molecular weight excluding hydrogens is 136 g/mol. The van der Waals surface area contributed by atoms with Crippen LogP contribution in [0, 0.1) is 0 Å². The number of carbonyl (C=O) groups is 1. The van der Waals surface area contributed by atoms with Crippen molar-refractivity contribution in [3.05, 3.63) is 0 Å². The van der Waals surface area contributed by atoms with E-state index in [0.717, 1.165) is 0 Å². The predicted molar refractivity (Wildman–Crippen MR) is 26.8 cm³/mol. The van der Waals surface area contributed by atoms with Crippen molar-refractivity contribution in [3.63, 3.8) is 0 Å². The smallest absolute Gasteiger partial charge is 0.468 e. The van der Waals surface area contributed by atoms with E-state index in [0.29, 0.717) is 13.1 Å². The van der Waals surface area contributed by atoms with Crippen molar-refractivity contribution in [3.8, 4) is 0 Å². The molecule has 9 heavy (non-hydrogen) atoms. The van der Waals surface area contributed by atoms with Crippen molar-refractivity contribution in [1.82, 2.24) is 0 Å². The Morgan fingerprint density at radius 2 is 1.89 bits per heavy atom. The van der Waals surface area contributed by atoms with E-state index >= 15 is 0 Å². The van der Waals surface area contributed by atoms with Crippen molar-refractivity contribution >= 4 is 14.0 Å². The summed E-state index contributed by atoms with van der Waals surface area (Å²) in [6.45, 7) is 2.66. The van der Waals surface area contributed by atoms with Crippen LogP contribution in [-0.4, -0.2) is 20.6 Å².